The molecule has 1 fully saturated rings. The summed E-state index contributed by atoms with van der Waals surface area (Å²) < 4.78 is 0. The van der Waals surface area contributed by atoms with Gasteiger partial charge < -0.3 is 5.73 Å². The molecule has 2 nitrogen and oxygen atoms in total. The highest BCUT2D eigenvalue weighted by Crippen LogP contribution is 2.30. The standard InChI is InChI=1S/C17H28N2/c1-2-6-17(16-7-4-3-5-8-16)19-13-10-15(9-12-18)11-14-19/h3-5,7-8,15,17H,2,6,9-14,18H2,1H3. The number of benzene rings is 1. The van der Waals surface area contributed by atoms with E-state index in [1.165, 1.54) is 50.8 Å². The molecule has 1 aliphatic rings. The second kappa shape index (κ2) is 7.66. The lowest BCUT2D eigenvalue weighted by atomic mass is 9.91. The molecule has 0 bridgehead atoms. The Hall–Kier alpha value is -0.860. The van der Waals surface area contributed by atoms with Gasteiger partial charge in [0.15, 0.2) is 0 Å². The van der Waals surface area contributed by atoms with Crippen LogP contribution in [0.25, 0.3) is 0 Å². The molecule has 2 rings (SSSR count). The summed E-state index contributed by atoms with van der Waals surface area (Å²) in [7, 11) is 0. The lowest BCUT2D eigenvalue weighted by Gasteiger charge is -2.38. The van der Waals surface area contributed by atoms with Crippen LogP contribution in [0.1, 0.15) is 50.6 Å². The second-order valence-electron chi connectivity index (χ2n) is 5.77. The van der Waals surface area contributed by atoms with Crippen molar-refractivity contribution >= 4 is 0 Å². The van der Waals surface area contributed by atoms with Crippen LogP contribution in [0.15, 0.2) is 30.3 Å². The summed E-state index contributed by atoms with van der Waals surface area (Å²) in [6.07, 6.45) is 6.37. The van der Waals surface area contributed by atoms with Crippen LogP contribution in [-0.2, 0) is 0 Å². The van der Waals surface area contributed by atoms with Crippen LogP contribution in [0.5, 0.6) is 0 Å². The molecule has 106 valence electrons. The van der Waals surface area contributed by atoms with Crippen molar-refractivity contribution in [3.8, 4) is 0 Å². The van der Waals surface area contributed by atoms with E-state index in [2.05, 4.69) is 42.2 Å². The number of likely N-dealkylation sites (tertiary alicyclic amines) is 1. The molecule has 0 radical (unpaired) electrons. The van der Waals surface area contributed by atoms with Gasteiger partial charge in [0.2, 0.25) is 0 Å². The molecule has 1 aliphatic heterocycles. The molecule has 19 heavy (non-hydrogen) atoms. The van der Waals surface area contributed by atoms with Crippen LogP contribution in [0.4, 0.5) is 0 Å². The Bertz CT molecular complexity index is 342. The van der Waals surface area contributed by atoms with Crippen LogP contribution in [-0.4, -0.2) is 24.5 Å². The maximum absolute atomic E-state index is 5.68. The molecule has 0 saturated carbocycles. The number of hydrogen-bond donors (Lipinski definition) is 1. The molecule has 0 amide bonds. The summed E-state index contributed by atoms with van der Waals surface area (Å²) in [6, 6.07) is 11.6. The third-order valence-electron chi connectivity index (χ3n) is 4.41. The Kier molecular flexibility index (Phi) is 5.87. The van der Waals surface area contributed by atoms with E-state index in [9.17, 15) is 0 Å². The van der Waals surface area contributed by atoms with E-state index in [-0.39, 0.29) is 0 Å². The van der Waals surface area contributed by atoms with Crippen LogP contribution < -0.4 is 5.73 Å². The predicted octanol–water partition coefficient (Wildman–Crippen LogP) is 3.59. The van der Waals surface area contributed by atoms with Gasteiger partial charge in [0.05, 0.1) is 0 Å². The highest BCUT2D eigenvalue weighted by Gasteiger charge is 2.25. The van der Waals surface area contributed by atoms with Gasteiger partial charge >= 0.3 is 0 Å². The van der Waals surface area contributed by atoms with E-state index < -0.39 is 0 Å². The highest BCUT2D eigenvalue weighted by atomic mass is 15.2. The smallest absolute Gasteiger partial charge is 0.0348 e. The van der Waals surface area contributed by atoms with Gasteiger partial charge in [-0.15, -0.1) is 0 Å². The first-order valence-electron chi connectivity index (χ1n) is 7.84. The van der Waals surface area contributed by atoms with Crippen molar-refractivity contribution in [2.24, 2.45) is 11.7 Å². The summed E-state index contributed by atoms with van der Waals surface area (Å²) in [5.41, 5.74) is 7.17. The molecule has 0 aliphatic carbocycles. The fraction of sp³-hybridized carbons (Fsp3) is 0.647. The number of hydrogen-bond acceptors (Lipinski definition) is 2. The minimum absolute atomic E-state index is 0.616. The molecule has 1 aromatic rings. The fourth-order valence-electron chi connectivity index (χ4n) is 3.30. The lowest BCUT2D eigenvalue weighted by molar-refractivity contribution is 0.123. The molecule has 1 aromatic carbocycles. The molecule has 0 aromatic heterocycles. The zero-order valence-electron chi connectivity index (χ0n) is 12.2. The molecule has 1 unspecified atom stereocenters. The summed E-state index contributed by atoms with van der Waals surface area (Å²) in [5.74, 6) is 0.860. The van der Waals surface area contributed by atoms with Crippen molar-refractivity contribution in [2.75, 3.05) is 19.6 Å². The molecule has 1 heterocycles. The Morgan fingerprint density at radius 1 is 1.21 bits per heavy atom. The van der Waals surface area contributed by atoms with Crippen molar-refractivity contribution in [3.63, 3.8) is 0 Å². The van der Waals surface area contributed by atoms with Crippen molar-refractivity contribution < 1.29 is 0 Å². The van der Waals surface area contributed by atoms with Crippen molar-refractivity contribution in [3.05, 3.63) is 35.9 Å². The minimum atomic E-state index is 0.616. The van der Waals surface area contributed by atoms with Crippen LogP contribution in [0, 0.1) is 5.92 Å². The summed E-state index contributed by atoms with van der Waals surface area (Å²) in [6.45, 7) is 5.62. The number of nitrogens with two attached hydrogens (primary N) is 1. The molecule has 2 heteroatoms. The quantitative estimate of drug-likeness (QED) is 0.847. The lowest BCUT2D eigenvalue weighted by Crippen LogP contribution is -2.37. The molecule has 2 N–H and O–H groups in total. The molecule has 0 spiro atoms. The number of rotatable bonds is 6. The number of piperidine rings is 1. The first kappa shape index (κ1) is 14.5. The Labute approximate surface area is 118 Å². The highest BCUT2D eigenvalue weighted by molar-refractivity contribution is 5.19. The monoisotopic (exact) mass is 260 g/mol. The van der Waals surface area contributed by atoms with Gasteiger partial charge in [0.1, 0.15) is 0 Å². The average Bonchev–Trinajstić information content (AvgIpc) is 2.47. The Morgan fingerprint density at radius 2 is 1.89 bits per heavy atom. The van der Waals surface area contributed by atoms with Gasteiger partial charge in [-0.25, -0.2) is 0 Å². The van der Waals surface area contributed by atoms with Crippen molar-refractivity contribution in [1.82, 2.24) is 4.90 Å². The first-order chi connectivity index (χ1) is 9.35. The SMILES string of the molecule is CCCC(c1ccccc1)N1CCC(CCN)CC1. The van der Waals surface area contributed by atoms with Crippen LogP contribution in [0.3, 0.4) is 0 Å². The summed E-state index contributed by atoms with van der Waals surface area (Å²) >= 11 is 0. The van der Waals surface area contributed by atoms with Gasteiger partial charge in [0.25, 0.3) is 0 Å². The van der Waals surface area contributed by atoms with Gasteiger partial charge in [0, 0.05) is 6.04 Å². The second-order valence-corrected chi connectivity index (χ2v) is 5.77. The molecule has 1 atom stereocenters. The predicted molar refractivity (Wildman–Crippen MR) is 82.1 cm³/mol. The maximum Gasteiger partial charge on any atom is 0.0348 e. The maximum atomic E-state index is 5.68. The van der Waals surface area contributed by atoms with E-state index in [1.54, 1.807) is 0 Å². The number of nitrogens with zero attached hydrogens (tertiary/aromatic N) is 1. The summed E-state index contributed by atoms with van der Waals surface area (Å²) in [4.78, 5) is 2.69. The average molecular weight is 260 g/mol. The van der Waals surface area contributed by atoms with Gasteiger partial charge in [-0.3, -0.25) is 4.90 Å². The van der Waals surface area contributed by atoms with E-state index in [0.29, 0.717) is 6.04 Å². The third kappa shape index (κ3) is 4.05. The van der Waals surface area contributed by atoms with E-state index in [1.807, 2.05) is 0 Å². The van der Waals surface area contributed by atoms with Gasteiger partial charge in [-0.2, -0.15) is 0 Å². The zero-order chi connectivity index (χ0) is 13.5. The van der Waals surface area contributed by atoms with Gasteiger partial charge in [-0.05, 0) is 56.8 Å². The zero-order valence-corrected chi connectivity index (χ0v) is 12.2. The first-order valence-corrected chi connectivity index (χ1v) is 7.84. The van der Waals surface area contributed by atoms with Crippen LogP contribution in [0.2, 0.25) is 0 Å². The Morgan fingerprint density at radius 3 is 2.47 bits per heavy atom. The summed E-state index contributed by atoms with van der Waals surface area (Å²) in [5, 5.41) is 0. The van der Waals surface area contributed by atoms with Crippen LogP contribution >= 0.6 is 0 Å². The minimum Gasteiger partial charge on any atom is -0.330 e. The van der Waals surface area contributed by atoms with E-state index >= 15 is 0 Å². The van der Waals surface area contributed by atoms with E-state index in [0.717, 1.165) is 12.5 Å². The molecule has 1 saturated heterocycles. The van der Waals surface area contributed by atoms with Crippen molar-refractivity contribution in [1.29, 1.82) is 0 Å². The van der Waals surface area contributed by atoms with Crippen molar-refractivity contribution in [2.45, 2.75) is 45.1 Å². The fourth-order valence-corrected chi connectivity index (χ4v) is 3.30. The largest absolute Gasteiger partial charge is 0.330 e. The van der Waals surface area contributed by atoms with Gasteiger partial charge in [-0.1, -0.05) is 43.7 Å². The molecular weight excluding hydrogens is 232 g/mol. The Balaban J connectivity index is 1.97. The topological polar surface area (TPSA) is 29.3 Å². The normalized spacial score (nSPS) is 19.5. The molecular formula is C17H28N2. The van der Waals surface area contributed by atoms with E-state index in [4.69, 9.17) is 5.73 Å². The third-order valence-corrected chi connectivity index (χ3v) is 4.41.